The lowest BCUT2D eigenvalue weighted by Crippen LogP contribution is -2.66. The van der Waals surface area contributed by atoms with Crippen molar-refractivity contribution in [2.75, 3.05) is 0 Å². The lowest BCUT2D eigenvalue weighted by atomic mass is 10.2. The Morgan fingerprint density at radius 1 is 0.963 bits per heavy atom. The van der Waals surface area contributed by atoms with Crippen molar-refractivity contribution in [3.8, 4) is 0 Å². The second kappa shape index (κ2) is 8.27. The molecule has 2 nitrogen and oxygen atoms in total. The molecule has 0 aliphatic carbocycles. The first-order valence-electron chi connectivity index (χ1n) is 8.89. The maximum absolute atomic E-state index is 6.90. The van der Waals surface area contributed by atoms with Gasteiger partial charge in [-0.2, -0.15) is 0 Å². The first kappa shape index (κ1) is 20.3. The van der Waals surface area contributed by atoms with Crippen LogP contribution < -0.4 is 10.4 Å². The molecule has 0 unspecified atom stereocenters. The third-order valence-electron chi connectivity index (χ3n) is 4.74. The average molecular weight is 461 g/mol. The summed E-state index contributed by atoms with van der Waals surface area (Å²) < 4.78 is 7.67. The van der Waals surface area contributed by atoms with Crippen LogP contribution in [0, 0.1) is 0 Å². The molecule has 0 atom stereocenters. The molecule has 27 heavy (non-hydrogen) atoms. The SMILES string of the molecule is CC(C)(C)[Si](OCc1cc(Cl)cnc1Br)(c1ccccc1)c1ccccc1. The third kappa shape index (κ3) is 4.19. The summed E-state index contributed by atoms with van der Waals surface area (Å²) in [5.74, 6) is 0. The highest BCUT2D eigenvalue weighted by atomic mass is 79.9. The van der Waals surface area contributed by atoms with Crippen LogP contribution in [-0.4, -0.2) is 13.3 Å². The summed E-state index contributed by atoms with van der Waals surface area (Å²) in [4.78, 5) is 4.31. The van der Waals surface area contributed by atoms with E-state index in [2.05, 4.69) is 90.2 Å². The molecule has 140 valence electrons. The molecule has 0 aliphatic heterocycles. The molecule has 1 heterocycles. The van der Waals surface area contributed by atoms with Crippen LogP contribution in [-0.2, 0) is 11.0 Å². The molecule has 0 spiro atoms. The number of nitrogens with zero attached hydrogens (tertiary/aromatic N) is 1. The van der Waals surface area contributed by atoms with Crippen molar-refractivity contribution in [3.05, 3.63) is 88.1 Å². The van der Waals surface area contributed by atoms with Crippen molar-refractivity contribution in [1.82, 2.24) is 4.98 Å². The van der Waals surface area contributed by atoms with Crippen LogP contribution >= 0.6 is 27.5 Å². The van der Waals surface area contributed by atoms with Gasteiger partial charge in [-0.25, -0.2) is 4.98 Å². The van der Waals surface area contributed by atoms with E-state index in [4.69, 9.17) is 16.0 Å². The fourth-order valence-electron chi connectivity index (χ4n) is 3.51. The van der Waals surface area contributed by atoms with E-state index in [1.807, 2.05) is 18.2 Å². The van der Waals surface area contributed by atoms with Gasteiger partial charge in [0.05, 0.1) is 11.6 Å². The van der Waals surface area contributed by atoms with Gasteiger partial charge in [0.2, 0.25) is 0 Å². The Hall–Kier alpha value is -1.46. The van der Waals surface area contributed by atoms with E-state index in [9.17, 15) is 0 Å². The lowest BCUT2D eigenvalue weighted by molar-refractivity contribution is 0.285. The van der Waals surface area contributed by atoms with Crippen LogP contribution in [0.4, 0.5) is 0 Å². The van der Waals surface area contributed by atoms with Gasteiger partial charge in [-0.3, -0.25) is 0 Å². The number of halogens is 2. The molecule has 3 rings (SSSR count). The monoisotopic (exact) mass is 459 g/mol. The van der Waals surface area contributed by atoms with Crippen molar-refractivity contribution >= 4 is 46.2 Å². The van der Waals surface area contributed by atoms with E-state index in [1.165, 1.54) is 10.4 Å². The molecule has 3 aromatic rings. The summed E-state index contributed by atoms with van der Waals surface area (Å²) in [5.41, 5.74) is 0.954. The maximum atomic E-state index is 6.90. The fraction of sp³-hybridized carbons (Fsp3) is 0.227. The molecule has 0 N–H and O–H groups in total. The van der Waals surface area contributed by atoms with Crippen LogP contribution in [0.25, 0.3) is 0 Å². The van der Waals surface area contributed by atoms with E-state index in [0.717, 1.165) is 10.2 Å². The number of aromatic nitrogens is 1. The normalized spacial score (nSPS) is 12.2. The maximum Gasteiger partial charge on any atom is 0.261 e. The van der Waals surface area contributed by atoms with Gasteiger partial charge in [-0.1, -0.05) is 93.0 Å². The molecule has 0 saturated carbocycles. The Balaban J connectivity index is 2.13. The Morgan fingerprint density at radius 2 is 1.48 bits per heavy atom. The number of rotatable bonds is 5. The zero-order valence-corrected chi connectivity index (χ0v) is 19.1. The second-order valence-electron chi connectivity index (χ2n) is 7.56. The first-order chi connectivity index (χ1) is 12.8. The Labute approximate surface area is 175 Å². The smallest absolute Gasteiger partial charge is 0.261 e. The fourth-order valence-corrected chi connectivity index (χ4v) is 8.55. The van der Waals surface area contributed by atoms with E-state index in [-0.39, 0.29) is 5.04 Å². The Kier molecular flexibility index (Phi) is 6.21. The van der Waals surface area contributed by atoms with Crippen LogP contribution in [0.2, 0.25) is 10.1 Å². The van der Waals surface area contributed by atoms with E-state index < -0.39 is 8.32 Å². The van der Waals surface area contributed by atoms with Crippen molar-refractivity contribution in [2.45, 2.75) is 32.4 Å². The highest BCUT2D eigenvalue weighted by Crippen LogP contribution is 2.37. The molecule has 0 fully saturated rings. The van der Waals surface area contributed by atoms with Crippen molar-refractivity contribution in [1.29, 1.82) is 0 Å². The van der Waals surface area contributed by atoms with Crippen molar-refractivity contribution in [3.63, 3.8) is 0 Å². The summed E-state index contributed by atoms with van der Waals surface area (Å²) in [6.45, 7) is 7.25. The van der Waals surface area contributed by atoms with E-state index >= 15 is 0 Å². The third-order valence-corrected chi connectivity index (χ3v) is 10.6. The summed E-state index contributed by atoms with van der Waals surface area (Å²) >= 11 is 9.69. The van der Waals surface area contributed by atoms with Gasteiger partial charge in [-0.05, 0) is 37.4 Å². The van der Waals surface area contributed by atoms with Gasteiger partial charge < -0.3 is 4.43 Å². The number of hydrogen-bond acceptors (Lipinski definition) is 2. The number of hydrogen-bond donors (Lipinski definition) is 0. The predicted octanol–water partition coefficient (Wildman–Crippen LogP) is 5.57. The standard InChI is InChI=1S/C22H23BrClNOSi/c1-22(2,3)27(19-10-6-4-7-11-19,20-12-8-5-9-13-20)26-16-17-14-18(24)15-25-21(17)23/h4-15H,16H2,1-3H3. The number of benzene rings is 2. The van der Waals surface area contributed by atoms with Gasteiger partial charge in [0, 0.05) is 11.8 Å². The number of pyridine rings is 1. The highest BCUT2D eigenvalue weighted by Gasteiger charge is 2.50. The summed E-state index contributed by atoms with van der Waals surface area (Å²) in [7, 11) is -2.56. The Bertz CT molecular complexity index is 858. The molecule has 0 aliphatic rings. The van der Waals surface area contributed by atoms with Gasteiger partial charge in [0.25, 0.3) is 8.32 Å². The first-order valence-corrected chi connectivity index (χ1v) is 12.0. The molecule has 1 aromatic heterocycles. The van der Waals surface area contributed by atoms with E-state index in [0.29, 0.717) is 11.6 Å². The predicted molar refractivity (Wildman–Crippen MR) is 119 cm³/mol. The molecule has 5 heteroatoms. The van der Waals surface area contributed by atoms with Gasteiger partial charge in [0.15, 0.2) is 0 Å². The largest absolute Gasteiger partial charge is 0.403 e. The van der Waals surface area contributed by atoms with Crippen molar-refractivity contribution in [2.24, 2.45) is 0 Å². The molecule has 0 amide bonds. The second-order valence-corrected chi connectivity index (χ2v) is 13.0. The zero-order chi connectivity index (χ0) is 19.5. The van der Waals surface area contributed by atoms with Crippen LogP contribution in [0.15, 0.2) is 77.5 Å². The molecule has 0 saturated heterocycles. The summed E-state index contributed by atoms with van der Waals surface area (Å²) in [6, 6.07) is 23.1. The minimum atomic E-state index is -2.56. The lowest BCUT2D eigenvalue weighted by Gasteiger charge is -2.43. The molecule has 0 radical (unpaired) electrons. The van der Waals surface area contributed by atoms with Crippen LogP contribution in [0.5, 0.6) is 0 Å². The molecule has 2 aromatic carbocycles. The summed E-state index contributed by atoms with van der Waals surface area (Å²) in [5, 5.41) is 3.07. The Morgan fingerprint density at radius 3 is 1.96 bits per heavy atom. The topological polar surface area (TPSA) is 22.1 Å². The minimum Gasteiger partial charge on any atom is -0.403 e. The quantitative estimate of drug-likeness (QED) is 0.366. The van der Waals surface area contributed by atoms with Gasteiger partial charge in [-0.15, -0.1) is 0 Å². The van der Waals surface area contributed by atoms with Crippen LogP contribution in [0.3, 0.4) is 0 Å². The van der Waals surface area contributed by atoms with Crippen LogP contribution in [0.1, 0.15) is 26.3 Å². The molecular weight excluding hydrogens is 438 g/mol. The van der Waals surface area contributed by atoms with Gasteiger partial charge >= 0.3 is 0 Å². The molecule has 0 bridgehead atoms. The minimum absolute atomic E-state index is 0.0613. The summed E-state index contributed by atoms with van der Waals surface area (Å²) in [6.07, 6.45) is 1.64. The van der Waals surface area contributed by atoms with Crippen molar-refractivity contribution < 1.29 is 4.43 Å². The highest BCUT2D eigenvalue weighted by molar-refractivity contribution is 9.10. The molecular formula is C22H23BrClNOSi. The van der Waals surface area contributed by atoms with Gasteiger partial charge in [0.1, 0.15) is 4.60 Å². The average Bonchev–Trinajstić information content (AvgIpc) is 2.65. The zero-order valence-electron chi connectivity index (χ0n) is 15.7. The van der Waals surface area contributed by atoms with E-state index in [1.54, 1.807) is 6.20 Å².